The number of ether oxygens (including phenoxy) is 1. The number of fused-ring (bicyclic) bond motifs is 1. The lowest BCUT2D eigenvalue weighted by molar-refractivity contribution is -0.125. The van der Waals surface area contributed by atoms with Crippen LogP contribution in [0.4, 0.5) is 5.82 Å². The van der Waals surface area contributed by atoms with Gasteiger partial charge in [0.2, 0.25) is 0 Å². The van der Waals surface area contributed by atoms with Gasteiger partial charge in [0.05, 0.1) is 24.5 Å². The summed E-state index contributed by atoms with van der Waals surface area (Å²) in [4.78, 5) is 20.3. The fraction of sp³-hybridized carbons (Fsp3) is 0.375. The topological polar surface area (TPSA) is 63.0 Å². The molecule has 0 spiro atoms. The van der Waals surface area contributed by atoms with E-state index in [1.807, 2.05) is 36.1 Å². The lowest BCUT2D eigenvalue weighted by atomic mass is 10.0. The van der Waals surface area contributed by atoms with E-state index >= 15 is 0 Å². The van der Waals surface area contributed by atoms with Crippen LogP contribution in [0, 0.1) is 12.3 Å². The van der Waals surface area contributed by atoms with Gasteiger partial charge in [-0.1, -0.05) is 0 Å². The molecule has 0 aromatic carbocycles. The highest BCUT2D eigenvalue weighted by molar-refractivity contribution is 5.93. The summed E-state index contributed by atoms with van der Waals surface area (Å²) in [5.74, 6) is 4.26. The highest BCUT2D eigenvalue weighted by atomic mass is 16.5. The molecule has 7 nitrogen and oxygen atoms in total. The van der Waals surface area contributed by atoms with Gasteiger partial charge in [-0.05, 0) is 49.8 Å². The minimum atomic E-state index is -0.242. The summed E-state index contributed by atoms with van der Waals surface area (Å²) in [7, 11) is 0. The quantitative estimate of drug-likeness (QED) is 0.600. The molecule has 2 fully saturated rings. The van der Waals surface area contributed by atoms with Crippen molar-refractivity contribution in [1.82, 2.24) is 19.5 Å². The van der Waals surface area contributed by atoms with Crippen LogP contribution in [0.2, 0.25) is 0 Å². The zero-order chi connectivity index (χ0) is 21.4. The number of piperazine rings is 1. The summed E-state index contributed by atoms with van der Waals surface area (Å²) < 4.78 is 7.72. The van der Waals surface area contributed by atoms with E-state index in [1.54, 1.807) is 4.90 Å². The molecule has 158 valence electrons. The van der Waals surface area contributed by atoms with E-state index in [0.29, 0.717) is 25.6 Å². The van der Waals surface area contributed by atoms with Gasteiger partial charge in [0.15, 0.2) is 0 Å². The Morgan fingerprint density at radius 1 is 1.23 bits per heavy atom. The van der Waals surface area contributed by atoms with E-state index in [9.17, 15) is 4.79 Å². The summed E-state index contributed by atoms with van der Waals surface area (Å²) in [6.45, 7) is 5.26. The van der Waals surface area contributed by atoms with Crippen LogP contribution in [0.15, 0.2) is 36.8 Å². The zero-order valence-electron chi connectivity index (χ0n) is 17.6. The summed E-state index contributed by atoms with van der Waals surface area (Å²) >= 11 is 0. The van der Waals surface area contributed by atoms with Crippen LogP contribution in [0.5, 0.6) is 5.75 Å². The van der Waals surface area contributed by atoms with Crippen LogP contribution < -0.4 is 9.64 Å². The molecule has 5 rings (SSSR count). The van der Waals surface area contributed by atoms with Crippen LogP contribution in [0.1, 0.15) is 31.2 Å². The van der Waals surface area contributed by atoms with E-state index in [2.05, 4.69) is 28.1 Å². The minimum Gasteiger partial charge on any atom is -0.492 e. The first-order chi connectivity index (χ1) is 15.2. The molecule has 31 heavy (non-hydrogen) atoms. The van der Waals surface area contributed by atoms with Crippen LogP contribution in [0.3, 0.4) is 0 Å². The first-order valence-electron chi connectivity index (χ1n) is 10.8. The summed E-state index contributed by atoms with van der Waals surface area (Å²) in [5.41, 5.74) is 4.58. The Balaban J connectivity index is 1.44. The van der Waals surface area contributed by atoms with Gasteiger partial charge in [0.25, 0.3) is 5.91 Å². The minimum absolute atomic E-state index is 0.242. The van der Waals surface area contributed by atoms with Gasteiger partial charge in [-0.3, -0.25) is 4.79 Å². The third-order valence-electron chi connectivity index (χ3n) is 6.02. The average Bonchev–Trinajstić information content (AvgIpc) is 3.57. The Bertz CT molecular complexity index is 1150. The standard InChI is InChI=1S/C24H25N5O2/c1-3-23(30)28-11-9-27(10-12-28)22-8-7-18(14-25-22)20-13-19(31-4-2)16-29-24(20)21(15-26-29)17-5-6-17/h1,7-8,13-17H,4-6,9-12H2,2H3. The molecule has 1 aliphatic carbocycles. The van der Waals surface area contributed by atoms with Gasteiger partial charge in [-0.25, -0.2) is 9.50 Å². The molecule has 7 heteroatoms. The zero-order valence-corrected chi connectivity index (χ0v) is 17.6. The average molecular weight is 415 g/mol. The highest BCUT2D eigenvalue weighted by Gasteiger charge is 2.28. The second-order valence-electron chi connectivity index (χ2n) is 8.02. The molecule has 0 unspecified atom stereocenters. The van der Waals surface area contributed by atoms with Crippen LogP contribution >= 0.6 is 0 Å². The molecule has 2 aliphatic rings. The Labute approximate surface area is 181 Å². The second kappa shape index (κ2) is 7.95. The van der Waals surface area contributed by atoms with Crippen LogP contribution in [0.25, 0.3) is 16.6 Å². The van der Waals surface area contributed by atoms with E-state index in [4.69, 9.17) is 16.1 Å². The first-order valence-corrected chi connectivity index (χ1v) is 10.8. The van der Waals surface area contributed by atoms with E-state index < -0.39 is 0 Å². The predicted molar refractivity (Wildman–Crippen MR) is 119 cm³/mol. The third kappa shape index (κ3) is 3.70. The molecule has 0 atom stereocenters. The van der Waals surface area contributed by atoms with Crippen molar-refractivity contribution in [3.63, 3.8) is 0 Å². The maximum Gasteiger partial charge on any atom is 0.298 e. The molecule has 0 bridgehead atoms. The smallest absolute Gasteiger partial charge is 0.298 e. The molecule has 3 aromatic heterocycles. The third-order valence-corrected chi connectivity index (χ3v) is 6.02. The molecule has 4 heterocycles. The van der Waals surface area contributed by atoms with Gasteiger partial charge in [0, 0.05) is 49.1 Å². The number of hydrogen-bond donors (Lipinski definition) is 0. The molecule has 0 N–H and O–H groups in total. The second-order valence-corrected chi connectivity index (χ2v) is 8.02. The van der Waals surface area contributed by atoms with E-state index in [0.717, 1.165) is 41.3 Å². The van der Waals surface area contributed by atoms with Gasteiger partial charge in [-0.15, -0.1) is 6.42 Å². The Morgan fingerprint density at radius 2 is 2.03 bits per heavy atom. The fourth-order valence-corrected chi connectivity index (χ4v) is 4.24. The summed E-state index contributed by atoms with van der Waals surface area (Å²) in [6, 6.07) is 6.24. The maximum absolute atomic E-state index is 11.7. The number of anilines is 1. The van der Waals surface area contributed by atoms with Gasteiger partial charge < -0.3 is 14.5 Å². The highest BCUT2D eigenvalue weighted by Crippen LogP contribution is 2.44. The van der Waals surface area contributed by atoms with Gasteiger partial charge >= 0.3 is 0 Å². The predicted octanol–water partition coefficient (Wildman–Crippen LogP) is 2.95. The Morgan fingerprint density at radius 3 is 2.68 bits per heavy atom. The molecule has 3 aromatic rings. The van der Waals surface area contributed by atoms with E-state index in [-0.39, 0.29) is 5.91 Å². The van der Waals surface area contributed by atoms with Crippen molar-refractivity contribution in [2.75, 3.05) is 37.7 Å². The summed E-state index contributed by atoms with van der Waals surface area (Å²) in [5, 5.41) is 4.59. The normalized spacial score (nSPS) is 16.4. The van der Waals surface area contributed by atoms with Crippen molar-refractivity contribution in [3.05, 3.63) is 42.4 Å². The van der Waals surface area contributed by atoms with Crippen molar-refractivity contribution in [2.24, 2.45) is 0 Å². The van der Waals surface area contributed by atoms with Gasteiger partial charge in [-0.2, -0.15) is 5.10 Å². The first kappa shape index (κ1) is 19.4. The van der Waals surface area contributed by atoms with Crippen molar-refractivity contribution in [3.8, 4) is 29.2 Å². The largest absolute Gasteiger partial charge is 0.492 e. The lowest BCUT2D eigenvalue weighted by Crippen LogP contribution is -2.48. The summed E-state index contributed by atoms with van der Waals surface area (Å²) in [6.07, 6.45) is 13.5. The molecular formula is C24H25N5O2. The van der Waals surface area contributed by atoms with Crippen LogP contribution in [-0.2, 0) is 4.79 Å². The number of carbonyl (C=O) groups excluding carboxylic acids is 1. The molecular weight excluding hydrogens is 390 g/mol. The molecule has 1 saturated heterocycles. The number of amides is 1. The van der Waals surface area contributed by atoms with Crippen molar-refractivity contribution in [1.29, 1.82) is 0 Å². The van der Waals surface area contributed by atoms with Crippen LogP contribution in [-0.4, -0.2) is 58.2 Å². The monoisotopic (exact) mass is 415 g/mol. The van der Waals surface area contributed by atoms with Crippen molar-refractivity contribution >= 4 is 17.2 Å². The van der Waals surface area contributed by atoms with Gasteiger partial charge in [0.1, 0.15) is 11.6 Å². The number of aromatic nitrogens is 3. The van der Waals surface area contributed by atoms with Crippen molar-refractivity contribution < 1.29 is 9.53 Å². The number of hydrogen-bond acceptors (Lipinski definition) is 5. The number of pyridine rings is 2. The SMILES string of the molecule is C#CC(=O)N1CCN(c2ccc(-c3cc(OCC)cn4ncc(C5CC5)c34)cn2)CC1. The number of nitrogens with zero attached hydrogens (tertiary/aromatic N) is 5. The molecule has 1 saturated carbocycles. The molecule has 0 radical (unpaired) electrons. The number of rotatable bonds is 5. The lowest BCUT2D eigenvalue weighted by Gasteiger charge is -2.34. The maximum atomic E-state index is 11.7. The molecule has 1 amide bonds. The van der Waals surface area contributed by atoms with E-state index in [1.165, 1.54) is 18.4 Å². The Hall–Kier alpha value is -3.53. The number of carbonyl (C=O) groups is 1. The Kier molecular flexibility index (Phi) is 4.99. The van der Waals surface area contributed by atoms with Crippen molar-refractivity contribution in [2.45, 2.75) is 25.7 Å². The molecule has 1 aliphatic heterocycles. The number of terminal acetylenes is 1. The fourth-order valence-electron chi connectivity index (χ4n) is 4.24.